The van der Waals surface area contributed by atoms with E-state index in [4.69, 9.17) is 4.74 Å². The van der Waals surface area contributed by atoms with Crippen molar-refractivity contribution in [2.24, 2.45) is 0 Å². The number of aryl methyl sites for hydroxylation is 1. The van der Waals surface area contributed by atoms with E-state index in [1.54, 1.807) is 0 Å². The van der Waals surface area contributed by atoms with Crippen LogP contribution in [0.2, 0.25) is 0 Å². The van der Waals surface area contributed by atoms with Crippen LogP contribution in [-0.4, -0.2) is 5.75 Å². The molecule has 0 aliphatic heterocycles. The molecule has 0 aliphatic rings. The molecule has 0 bridgehead atoms. The van der Waals surface area contributed by atoms with Gasteiger partial charge in [-0.05, 0) is 60.4 Å². The number of hydrogen-bond acceptors (Lipinski definition) is 2. The van der Waals surface area contributed by atoms with Gasteiger partial charge in [0.05, 0.1) is 0 Å². The maximum absolute atomic E-state index is 6.23. The number of ether oxygens (including phenoxy) is 1. The third-order valence-electron chi connectivity index (χ3n) is 3.87. The lowest BCUT2D eigenvalue weighted by molar-refractivity contribution is 0.225. The van der Waals surface area contributed by atoms with E-state index in [9.17, 15) is 0 Å². The monoisotopic (exact) mass is 326 g/mol. The van der Waals surface area contributed by atoms with Crippen molar-refractivity contribution in [2.45, 2.75) is 44.6 Å². The van der Waals surface area contributed by atoms with Crippen LogP contribution in [-0.2, 0) is 12.8 Å². The molecule has 1 atom stereocenters. The van der Waals surface area contributed by atoms with E-state index >= 15 is 0 Å². The molecule has 0 saturated heterocycles. The molecule has 1 nitrogen and oxygen atoms in total. The number of rotatable bonds is 8. The van der Waals surface area contributed by atoms with Crippen molar-refractivity contribution >= 4 is 11.8 Å². The van der Waals surface area contributed by atoms with Crippen LogP contribution in [0.25, 0.3) is 0 Å². The van der Waals surface area contributed by atoms with Gasteiger partial charge in [0.25, 0.3) is 0 Å². The molecule has 2 rings (SSSR count). The fraction of sp³-hybridized carbons (Fsp3) is 0.333. The van der Waals surface area contributed by atoms with Gasteiger partial charge in [0.2, 0.25) is 0 Å². The van der Waals surface area contributed by atoms with Crippen LogP contribution in [0.15, 0.2) is 60.0 Å². The van der Waals surface area contributed by atoms with E-state index in [0.717, 1.165) is 24.3 Å². The van der Waals surface area contributed by atoms with Gasteiger partial charge in [-0.2, -0.15) is 0 Å². The molecule has 23 heavy (non-hydrogen) atoms. The Hall–Kier alpha value is -1.67. The minimum absolute atomic E-state index is 0.0362. The van der Waals surface area contributed by atoms with Gasteiger partial charge in [-0.1, -0.05) is 44.2 Å². The zero-order valence-electron chi connectivity index (χ0n) is 14.3. The molecule has 0 saturated carbocycles. The lowest BCUT2D eigenvalue weighted by Crippen LogP contribution is -2.05. The molecule has 0 aromatic heterocycles. The lowest BCUT2D eigenvalue weighted by Gasteiger charge is -2.18. The predicted molar refractivity (Wildman–Crippen MR) is 102 cm³/mol. The molecule has 2 heteroatoms. The molecule has 0 aliphatic carbocycles. The van der Waals surface area contributed by atoms with Crippen molar-refractivity contribution in [3.8, 4) is 5.75 Å². The fourth-order valence-electron chi connectivity index (χ4n) is 2.53. The number of thioether (sulfide) groups is 1. The van der Waals surface area contributed by atoms with E-state index in [2.05, 4.69) is 69.8 Å². The van der Waals surface area contributed by atoms with Crippen molar-refractivity contribution in [1.29, 1.82) is 0 Å². The summed E-state index contributed by atoms with van der Waals surface area (Å²) in [5.41, 5.74) is 3.77. The van der Waals surface area contributed by atoms with E-state index in [0.29, 0.717) is 0 Å². The molecule has 0 fully saturated rings. The fourth-order valence-corrected chi connectivity index (χ4v) is 3.25. The molecular formula is C21H26OS. The van der Waals surface area contributed by atoms with Crippen LogP contribution in [0.1, 0.15) is 43.6 Å². The van der Waals surface area contributed by atoms with Crippen LogP contribution in [0.3, 0.4) is 0 Å². The minimum atomic E-state index is 0.0362. The number of benzene rings is 2. The van der Waals surface area contributed by atoms with E-state index in [1.165, 1.54) is 21.6 Å². The first-order valence-corrected chi connectivity index (χ1v) is 9.28. The summed E-state index contributed by atoms with van der Waals surface area (Å²) in [6.07, 6.45) is 3.86. The maximum Gasteiger partial charge on any atom is 0.123 e. The van der Waals surface area contributed by atoms with Crippen molar-refractivity contribution < 1.29 is 4.74 Å². The first-order chi connectivity index (χ1) is 11.2. The summed E-state index contributed by atoms with van der Waals surface area (Å²) in [6, 6.07) is 15.1. The second-order valence-corrected chi connectivity index (χ2v) is 6.89. The quantitative estimate of drug-likeness (QED) is 0.420. The van der Waals surface area contributed by atoms with Gasteiger partial charge < -0.3 is 4.74 Å². The first-order valence-electron chi connectivity index (χ1n) is 8.30. The summed E-state index contributed by atoms with van der Waals surface area (Å²) in [5, 5.41) is 0. The van der Waals surface area contributed by atoms with E-state index in [-0.39, 0.29) is 6.10 Å². The molecule has 0 radical (unpaired) electrons. The van der Waals surface area contributed by atoms with Crippen molar-refractivity contribution in [2.75, 3.05) is 5.75 Å². The Kier molecular flexibility index (Phi) is 6.79. The molecular weight excluding hydrogens is 300 g/mol. The zero-order chi connectivity index (χ0) is 16.7. The van der Waals surface area contributed by atoms with E-state index in [1.807, 2.05) is 17.8 Å². The Bertz CT molecular complexity index is 631. The molecule has 2 aromatic rings. The predicted octanol–water partition coefficient (Wildman–Crippen LogP) is 6.23. The maximum atomic E-state index is 6.23. The van der Waals surface area contributed by atoms with Crippen LogP contribution >= 0.6 is 11.8 Å². The average molecular weight is 327 g/mol. The zero-order valence-corrected chi connectivity index (χ0v) is 15.2. The SMILES string of the molecule is C=CCc1cc(SCC)ccc1OC(C)c1ccc(CC)cc1. The summed E-state index contributed by atoms with van der Waals surface area (Å²) in [7, 11) is 0. The van der Waals surface area contributed by atoms with Gasteiger partial charge in [0, 0.05) is 4.90 Å². The minimum Gasteiger partial charge on any atom is -0.486 e. The standard InChI is InChI=1S/C21H26OS/c1-5-8-19-15-20(23-7-3)13-14-21(19)22-16(4)18-11-9-17(6-2)10-12-18/h5,9-16H,1,6-8H2,2-4H3. The topological polar surface area (TPSA) is 9.23 Å². The largest absolute Gasteiger partial charge is 0.486 e. The van der Waals surface area contributed by atoms with Crippen molar-refractivity contribution in [1.82, 2.24) is 0 Å². The smallest absolute Gasteiger partial charge is 0.123 e. The molecule has 0 amide bonds. The highest BCUT2D eigenvalue weighted by Gasteiger charge is 2.11. The Balaban J connectivity index is 2.17. The summed E-state index contributed by atoms with van der Waals surface area (Å²) in [4.78, 5) is 1.29. The summed E-state index contributed by atoms with van der Waals surface area (Å²) in [5.74, 6) is 2.03. The average Bonchev–Trinajstić information content (AvgIpc) is 2.57. The Morgan fingerprint density at radius 1 is 1.13 bits per heavy atom. The molecule has 0 heterocycles. The van der Waals surface area contributed by atoms with Crippen LogP contribution in [0, 0.1) is 0 Å². The summed E-state index contributed by atoms with van der Waals surface area (Å²) >= 11 is 1.85. The highest BCUT2D eigenvalue weighted by Crippen LogP contribution is 2.30. The van der Waals surface area contributed by atoms with Crippen molar-refractivity contribution in [3.05, 3.63) is 71.8 Å². The summed E-state index contributed by atoms with van der Waals surface area (Å²) in [6.45, 7) is 10.3. The van der Waals surface area contributed by atoms with Crippen molar-refractivity contribution in [3.63, 3.8) is 0 Å². The van der Waals surface area contributed by atoms with Gasteiger partial charge in [-0.25, -0.2) is 0 Å². The lowest BCUT2D eigenvalue weighted by atomic mass is 10.1. The van der Waals surface area contributed by atoms with Gasteiger partial charge in [-0.15, -0.1) is 18.3 Å². The van der Waals surface area contributed by atoms with Crippen LogP contribution < -0.4 is 4.74 Å². The van der Waals surface area contributed by atoms with E-state index < -0.39 is 0 Å². The summed E-state index contributed by atoms with van der Waals surface area (Å²) < 4.78 is 6.23. The number of allylic oxidation sites excluding steroid dienone is 1. The molecule has 0 spiro atoms. The Morgan fingerprint density at radius 3 is 2.48 bits per heavy atom. The highest BCUT2D eigenvalue weighted by molar-refractivity contribution is 7.99. The van der Waals surface area contributed by atoms with Crippen LogP contribution in [0.4, 0.5) is 0 Å². The Labute approximate surface area is 144 Å². The molecule has 0 N–H and O–H groups in total. The molecule has 1 unspecified atom stereocenters. The third-order valence-corrected chi connectivity index (χ3v) is 4.74. The third kappa shape index (κ3) is 4.90. The first kappa shape index (κ1) is 17.7. The second kappa shape index (κ2) is 8.83. The molecule has 122 valence electrons. The highest BCUT2D eigenvalue weighted by atomic mass is 32.2. The normalized spacial score (nSPS) is 12.0. The number of hydrogen-bond donors (Lipinski definition) is 0. The van der Waals surface area contributed by atoms with Gasteiger partial charge in [0.1, 0.15) is 11.9 Å². The van der Waals surface area contributed by atoms with Gasteiger partial charge >= 0.3 is 0 Å². The Morgan fingerprint density at radius 2 is 1.87 bits per heavy atom. The molecule has 2 aromatic carbocycles. The van der Waals surface area contributed by atoms with Gasteiger partial charge in [0.15, 0.2) is 0 Å². The van der Waals surface area contributed by atoms with Crippen LogP contribution in [0.5, 0.6) is 5.75 Å². The van der Waals surface area contributed by atoms with Gasteiger partial charge in [-0.3, -0.25) is 0 Å². The second-order valence-electron chi connectivity index (χ2n) is 5.55.